The molecule has 6 heteroatoms. The zero-order valence-electron chi connectivity index (χ0n) is 16.7. The van der Waals surface area contributed by atoms with Gasteiger partial charge in [0, 0.05) is 35.2 Å². The van der Waals surface area contributed by atoms with Crippen LogP contribution in [0.2, 0.25) is 0 Å². The summed E-state index contributed by atoms with van der Waals surface area (Å²) < 4.78 is 4.78. The van der Waals surface area contributed by atoms with Crippen molar-refractivity contribution in [3.63, 3.8) is 0 Å². The van der Waals surface area contributed by atoms with Crippen molar-refractivity contribution in [3.05, 3.63) is 65.9 Å². The van der Waals surface area contributed by atoms with Crippen molar-refractivity contribution >= 4 is 22.6 Å². The fourth-order valence-corrected chi connectivity index (χ4v) is 4.17. The first-order chi connectivity index (χ1) is 14.6. The molecule has 0 fully saturated rings. The van der Waals surface area contributed by atoms with Crippen LogP contribution in [0, 0.1) is 0 Å². The molecular formula is C24H26N2O4. The molecule has 0 saturated carbocycles. The lowest BCUT2D eigenvalue weighted by Gasteiger charge is -2.25. The fraction of sp³-hybridized carbons (Fsp3) is 0.292. The second-order valence-electron chi connectivity index (χ2n) is 7.69. The second-order valence-corrected chi connectivity index (χ2v) is 7.69. The molecule has 1 aromatic heterocycles. The van der Waals surface area contributed by atoms with Gasteiger partial charge < -0.3 is 25.3 Å². The molecule has 1 unspecified atom stereocenters. The number of fused-ring (bicyclic) bond motifs is 1. The van der Waals surface area contributed by atoms with Crippen LogP contribution in [0.15, 0.2) is 54.7 Å². The maximum absolute atomic E-state index is 10.8. The molecule has 1 atom stereocenters. The predicted molar refractivity (Wildman–Crippen MR) is 117 cm³/mol. The number of aromatic amines is 1. The third kappa shape index (κ3) is 4.66. The molecule has 0 spiro atoms. The van der Waals surface area contributed by atoms with Crippen molar-refractivity contribution in [1.29, 1.82) is 0 Å². The number of aromatic hydroxyl groups is 1. The Labute approximate surface area is 175 Å². The molecule has 2 aromatic carbocycles. The second kappa shape index (κ2) is 9.05. The minimum Gasteiger partial charge on any atom is -0.507 e. The number of benzene rings is 2. The maximum Gasteiger partial charge on any atom is 0.511 e. The number of rotatable bonds is 7. The molecular weight excluding hydrogens is 380 g/mol. The predicted octanol–water partition coefficient (Wildman–Crippen LogP) is 5.09. The van der Waals surface area contributed by atoms with E-state index in [9.17, 15) is 9.90 Å². The van der Waals surface area contributed by atoms with Gasteiger partial charge in [0.05, 0.1) is 0 Å². The highest BCUT2D eigenvalue weighted by Gasteiger charge is 2.17. The minimum atomic E-state index is -1.30. The van der Waals surface area contributed by atoms with Gasteiger partial charge in [0.2, 0.25) is 0 Å². The van der Waals surface area contributed by atoms with Gasteiger partial charge in [-0.15, -0.1) is 0 Å². The number of unbranched alkanes of at least 4 members (excludes halogenated alkanes) is 1. The van der Waals surface area contributed by atoms with Crippen molar-refractivity contribution in [1.82, 2.24) is 10.3 Å². The fourth-order valence-electron chi connectivity index (χ4n) is 4.17. The zero-order valence-corrected chi connectivity index (χ0v) is 16.7. The lowest BCUT2D eigenvalue weighted by molar-refractivity contribution is 0.144. The molecule has 3 aromatic rings. The normalized spacial score (nSPS) is 16.4. The first-order valence-electron chi connectivity index (χ1n) is 10.3. The van der Waals surface area contributed by atoms with E-state index >= 15 is 0 Å². The summed E-state index contributed by atoms with van der Waals surface area (Å²) in [6.07, 6.45) is 7.89. The van der Waals surface area contributed by atoms with Gasteiger partial charge in [0.15, 0.2) is 0 Å². The van der Waals surface area contributed by atoms with E-state index in [1.165, 1.54) is 11.1 Å². The Morgan fingerprint density at radius 2 is 2.03 bits per heavy atom. The van der Waals surface area contributed by atoms with Crippen molar-refractivity contribution in [2.45, 2.75) is 38.1 Å². The van der Waals surface area contributed by atoms with E-state index in [1.54, 1.807) is 18.2 Å². The van der Waals surface area contributed by atoms with Gasteiger partial charge in [-0.25, -0.2) is 4.79 Å². The molecule has 6 nitrogen and oxygen atoms in total. The Hall–Kier alpha value is -3.25. The van der Waals surface area contributed by atoms with Gasteiger partial charge in [-0.3, -0.25) is 0 Å². The smallest absolute Gasteiger partial charge is 0.507 e. The molecule has 0 saturated heterocycles. The molecule has 0 radical (unpaired) electrons. The van der Waals surface area contributed by atoms with Gasteiger partial charge in [-0.05, 0) is 61.1 Å². The topological polar surface area (TPSA) is 94.6 Å². The minimum absolute atomic E-state index is 0.339. The Bertz CT molecular complexity index is 1070. The number of ether oxygens (including phenoxy) is 1. The summed E-state index contributed by atoms with van der Waals surface area (Å²) in [5, 5.41) is 23.5. The molecule has 30 heavy (non-hydrogen) atoms. The van der Waals surface area contributed by atoms with Gasteiger partial charge in [0.1, 0.15) is 11.5 Å². The number of aromatic nitrogens is 1. The van der Waals surface area contributed by atoms with E-state index in [-0.39, 0.29) is 0 Å². The number of carboxylic acid groups (broad SMARTS) is 1. The number of phenolic OH excluding ortho intramolecular Hbond substituents is 1. The maximum atomic E-state index is 10.8. The SMILES string of the molecule is O=C(O)Oc1ccc2[nH]cc(CCCCC3CC(c4ccccc4O)=CCN3)c2c1. The van der Waals surface area contributed by atoms with Gasteiger partial charge in [-0.1, -0.05) is 30.7 Å². The Kier molecular flexibility index (Phi) is 6.05. The van der Waals surface area contributed by atoms with E-state index in [4.69, 9.17) is 9.84 Å². The molecule has 4 N–H and O–H groups in total. The Morgan fingerprint density at radius 1 is 1.17 bits per heavy atom. The summed E-state index contributed by atoms with van der Waals surface area (Å²) in [4.78, 5) is 14.0. The van der Waals surface area contributed by atoms with Gasteiger partial charge in [-0.2, -0.15) is 0 Å². The number of H-pyrrole nitrogens is 1. The van der Waals surface area contributed by atoms with Crippen LogP contribution < -0.4 is 10.1 Å². The van der Waals surface area contributed by atoms with E-state index < -0.39 is 6.16 Å². The molecule has 1 aliphatic heterocycles. The molecule has 1 aliphatic rings. The quantitative estimate of drug-likeness (QED) is 0.249. The van der Waals surface area contributed by atoms with Crippen molar-refractivity contribution < 1.29 is 19.7 Å². The highest BCUT2D eigenvalue weighted by atomic mass is 16.7. The summed E-state index contributed by atoms with van der Waals surface area (Å²) in [5.74, 6) is 0.681. The molecule has 0 bridgehead atoms. The van der Waals surface area contributed by atoms with Crippen LogP contribution in [-0.4, -0.2) is 33.9 Å². The molecule has 0 amide bonds. The highest BCUT2D eigenvalue weighted by Crippen LogP contribution is 2.31. The van der Waals surface area contributed by atoms with E-state index in [1.807, 2.05) is 30.5 Å². The molecule has 156 valence electrons. The van der Waals surface area contributed by atoms with Crippen molar-refractivity contribution in [3.8, 4) is 11.5 Å². The van der Waals surface area contributed by atoms with Crippen LogP contribution in [0.5, 0.6) is 11.5 Å². The molecule has 4 rings (SSSR count). The average Bonchev–Trinajstić information content (AvgIpc) is 3.13. The first kappa shape index (κ1) is 20.0. The standard InChI is InChI=1S/C24H26N2O4/c27-23-8-4-3-7-20(23)16-11-12-25-18(13-16)6-2-1-5-17-15-26-22-10-9-19(14-21(17)22)30-24(28)29/h3-4,7-11,14-15,18,25-27H,1-2,5-6,12-13H2,(H,28,29). The molecule has 2 heterocycles. The lowest BCUT2D eigenvalue weighted by Crippen LogP contribution is -2.32. The Balaban J connectivity index is 1.31. The summed E-state index contributed by atoms with van der Waals surface area (Å²) in [6, 6.07) is 13.2. The number of para-hydroxylation sites is 1. The average molecular weight is 406 g/mol. The number of hydrogen-bond acceptors (Lipinski definition) is 4. The summed E-state index contributed by atoms with van der Waals surface area (Å²) in [5.41, 5.74) is 4.29. The highest BCUT2D eigenvalue weighted by molar-refractivity contribution is 5.85. The third-order valence-electron chi connectivity index (χ3n) is 5.66. The van der Waals surface area contributed by atoms with Crippen molar-refractivity contribution in [2.75, 3.05) is 6.54 Å². The number of phenols is 1. The van der Waals surface area contributed by atoms with E-state index in [2.05, 4.69) is 16.4 Å². The van der Waals surface area contributed by atoms with E-state index in [0.29, 0.717) is 17.5 Å². The number of carbonyl (C=O) groups is 1. The zero-order chi connectivity index (χ0) is 20.9. The van der Waals surface area contributed by atoms with Crippen LogP contribution >= 0.6 is 0 Å². The van der Waals surface area contributed by atoms with Crippen molar-refractivity contribution in [2.24, 2.45) is 0 Å². The van der Waals surface area contributed by atoms with Gasteiger partial charge >= 0.3 is 6.16 Å². The number of hydrogen-bond donors (Lipinski definition) is 4. The first-order valence-corrected chi connectivity index (χ1v) is 10.3. The van der Waals surface area contributed by atoms with Gasteiger partial charge in [0.25, 0.3) is 0 Å². The monoisotopic (exact) mass is 406 g/mol. The van der Waals surface area contributed by atoms with Crippen LogP contribution in [0.3, 0.4) is 0 Å². The molecule has 0 aliphatic carbocycles. The summed E-state index contributed by atoms with van der Waals surface area (Å²) >= 11 is 0. The Morgan fingerprint density at radius 3 is 2.87 bits per heavy atom. The van der Waals surface area contributed by atoms with Crippen LogP contribution in [0.4, 0.5) is 4.79 Å². The van der Waals surface area contributed by atoms with Crippen LogP contribution in [0.25, 0.3) is 16.5 Å². The summed E-state index contributed by atoms with van der Waals surface area (Å²) in [7, 11) is 0. The van der Waals surface area contributed by atoms with Crippen LogP contribution in [-0.2, 0) is 6.42 Å². The van der Waals surface area contributed by atoms with E-state index in [0.717, 1.165) is 55.1 Å². The largest absolute Gasteiger partial charge is 0.511 e. The van der Waals surface area contributed by atoms with Crippen LogP contribution in [0.1, 0.15) is 36.8 Å². The third-order valence-corrected chi connectivity index (χ3v) is 5.66. The number of nitrogens with one attached hydrogen (secondary N) is 2. The summed E-state index contributed by atoms with van der Waals surface area (Å²) in [6.45, 7) is 0.823. The lowest BCUT2D eigenvalue weighted by atomic mass is 9.92. The number of aryl methyl sites for hydroxylation is 1.